The number of nitrogens with zero attached hydrogens (tertiary/aromatic N) is 6. The highest BCUT2D eigenvalue weighted by molar-refractivity contribution is 5.71. The van der Waals surface area contributed by atoms with E-state index < -0.39 is 0 Å². The lowest BCUT2D eigenvalue weighted by molar-refractivity contribution is 0.122. The fourth-order valence-electron chi connectivity index (χ4n) is 4.23. The van der Waals surface area contributed by atoms with Crippen molar-refractivity contribution in [2.45, 2.75) is 6.92 Å². The van der Waals surface area contributed by atoms with Gasteiger partial charge in [-0.3, -0.25) is 10.1 Å². The maximum absolute atomic E-state index is 5.56. The summed E-state index contributed by atoms with van der Waals surface area (Å²) in [6.45, 7) is 5.05. The number of pyridine rings is 1. The quantitative estimate of drug-likeness (QED) is 0.415. The van der Waals surface area contributed by atoms with Crippen LogP contribution in [0.15, 0.2) is 67.0 Å². The highest BCUT2D eigenvalue weighted by atomic mass is 16.5. The first-order chi connectivity index (χ1) is 16.7. The van der Waals surface area contributed by atoms with Gasteiger partial charge in [-0.1, -0.05) is 24.3 Å². The van der Waals surface area contributed by atoms with Crippen molar-refractivity contribution < 1.29 is 4.74 Å². The number of aromatic nitrogens is 6. The summed E-state index contributed by atoms with van der Waals surface area (Å²) in [5.74, 6) is 2.38. The Bertz CT molecular complexity index is 1440. The lowest BCUT2D eigenvalue weighted by Crippen LogP contribution is -2.37. The molecule has 9 nitrogen and oxygen atoms in total. The Hall–Kier alpha value is -4.24. The van der Waals surface area contributed by atoms with Crippen molar-refractivity contribution in [2.75, 3.05) is 36.5 Å². The van der Waals surface area contributed by atoms with Crippen LogP contribution in [0.2, 0.25) is 0 Å². The maximum atomic E-state index is 5.56. The van der Waals surface area contributed by atoms with Gasteiger partial charge in [-0.2, -0.15) is 14.7 Å². The van der Waals surface area contributed by atoms with E-state index in [2.05, 4.69) is 44.5 Å². The minimum absolute atomic E-state index is 0.685. The first-order valence-electron chi connectivity index (χ1n) is 11.3. The average molecular weight is 453 g/mol. The number of anilines is 3. The predicted octanol–water partition coefficient (Wildman–Crippen LogP) is 4.07. The van der Waals surface area contributed by atoms with Gasteiger partial charge in [0.2, 0.25) is 0 Å². The largest absolute Gasteiger partial charge is 0.378 e. The summed E-state index contributed by atoms with van der Waals surface area (Å²) in [6, 6.07) is 18.2. The van der Waals surface area contributed by atoms with E-state index in [1.54, 1.807) is 12.4 Å². The van der Waals surface area contributed by atoms with Gasteiger partial charge in [0.05, 0.1) is 24.6 Å². The van der Waals surface area contributed by atoms with Crippen LogP contribution in [-0.4, -0.2) is 56.1 Å². The summed E-state index contributed by atoms with van der Waals surface area (Å²) in [6.07, 6.45) is 3.54. The topological polar surface area (TPSA) is 96.3 Å². The third kappa shape index (κ3) is 3.86. The van der Waals surface area contributed by atoms with Gasteiger partial charge in [0, 0.05) is 54.8 Å². The molecule has 0 radical (unpaired) electrons. The Morgan fingerprint density at radius 1 is 0.971 bits per heavy atom. The number of hydrogen-bond donors (Lipinski definition) is 2. The third-order valence-corrected chi connectivity index (χ3v) is 5.99. The van der Waals surface area contributed by atoms with E-state index >= 15 is 0 Å². The van der Waals surface area contributed by atoms with Crippen molar-refractivity contribution in [3.63, 3.8) is 0 Å². The molecule has 9 heteroatoms. The van der Waals surface area contributed by atoms with Gasteiger partial charge in [-0.15, -0.1) is 0 Å². The minimum Gasteiger partial charge on any atom is -0.378 e. The zero-order valence-electron chi connectivity index (χ0n) is 18.8. The average Bonchev–Trinajstić information content (AvgIpc) is 3.52. The van der Waals surface area contributed by atoms with Gasteiger partial charge >= 0.3 is 0 Å². The molecular weight excluding hydrogens is 428 g/mol. The van der Waals surface area contributed by atoms with E-state index in [-0.39, 0.29) is 0 Å². The van der Waals surface area contributed by atoms with Crippen molar-refractivity contribution in [3.8, 4) is 22.5 Å². The van der Waals surface area contributed by atoms with Crippen molar-refractivity contribution in [1.29, 1.82) is 0 Å². The van der Waals surface area contributed by atoms with Crippen LogP contribution in [0.4, 0.5) is 17.5 Å². The Labute approximate surface area is 196 Å². The Balaban J connectivity index is 1.38. The standard InChI is InChI=1S/C25H24N8O/c1-17-4-2-3-5-19(17)21-14-23(30-29-21)27-22-16-25(32-10-12-34-13-11-32)33-24(28-22)15-20(31-33)18-6-8-26-9-7-18/h2-9,14-16H,10-13H2,1H3,(H2,27,28,29,30). The second-order valence-corrected chi connectivity index (χ2v) is 8.24. The number of nitrogens with one attached hydrogen (secondary N) is 2. The molecule has 0 amide bonds. The summed E-state index contributed by atoms with van der Waals surface area (Å²) in [4.78, 5) is 11.2. The van der Waals surface area contributed by atoms with Gasteiger partial charge in [-0.25, -0.2) is 4.98 Å². The molecule has 0 atom stereocenters. The zero-order valence-corrected chi connectivity index (χ0v) is 18.8. The SMILES string of the molecule is Cc1ccccc1-c1cc(Nc2cc(N3CCOCC3)n3nc(-c4ccncc4)cc3n2)n[nH]1. The van der Waals surface area contributed by atoms with Gasteiger partial charge in [0.25, 0.3) is 0 Å². The molecule has 0 aliphatic carbocycles. The Morgan fingerprint density at radius 2 is 1.79 bits per heavy atom. The number of hydrogen-bond acceptors (Lipinski definition) is 7. The number of benzene rings is 1. The molecule has 0 unspecified atom stereocenters. The highest BCUT2D eigenvalue weighted by Crippen LogP contribution is 2.28. The van der Waals surface area contributed by atoms with E-state index in [0.29, 0.717) is 24.8 Å². The summed E-state index contributed by atoms with van der Waals surface area (Å²) in [5, 5.41) is 15.8. The fourth-order valence-corrected chi connectivity index (χ4v) is 4.23. The molecule has 5 heterocycles. The Kier molecular flexibility index (Phi) is 5.15. The molecule has 34 heavy (non-hydrogen) atoms. The summed E-state index contributed by atoms with van der Waals surface area (Å²) < 4.78 is 7.46. The number of aryl methyl sites for hydroxylation is 1. The molecule has 6 rings (SSSR count). The van der Waals surface area contributed by atoms with Crippen LogP contribution in [0.1, 0.15) is 5.56 Å². The first-order valence-corrected chi connectivity index (χ1v) is 11.3. The van der Waals surface area contributed by atoms with Crippen LogP contribution in [0.3, 0.4) is 0 Å². The molecule has 170 valence electrons. The number of ether oxygens (including phenoxy) is 1. The molecule has 1 aliphatic heterocycles. The molecule has 1 fully saturated rings. The highest BCUT2D eigenvalue weighted by Gasteiger charge is 2.19. The van der Waals surface area contributed by atoms with Crippen molar-refractivity contribution in [1.82, 2.24) is 29.8 Å². The molecule has 0 saturated carbocycles. The predicted molar refractivity (Wildman–Crippen MR) is 131 cm³/mol. The molecule has 0 spiro atoms. The van der Waals surface area contributed by atoms with Gasteiger partial charge in [0.15, 0.2) is 11.5 Å². The van der Waals surface area contributed by atoms with Crippen LogP contribution >= 0.6 is 0 Å². The van der Waals surface area contributed by atoms with Gasteiger partial charge in [0.1, 0.15) is 11.6 Å². The molecule has 1 aromatic carbocycles. The Morgan fingerprint density at radius 3 is 2.62 bits per heavy atom. The first kappa shape index (κ1) is 20.4. The number of fused-ring (bicyclic) bond motifs is 1. The molecule has 5 aromatic rings. The van der Waals surface area contributed by atoms with Crippen molar-refractivity contribution >= 4 is 23.1 Å². The smallest absolute Gasteiger partial charge is 0.160 e. The normalized spacial score (nSPS) is 14.0. The number of rotatable bonds is 5. The number of aromatic amines is 1. The van der Waals surface area contributed by atoms with E-state index in [1.165, 1.54) is 5.56 Å². The van der Waals surface area contributed by atoms with Crippen LogP contribution < -0.4 is 10.2 Å². The molecular formula is C25H24N8O. The monoisotopic (exact) mass is 452 g/mol. The van der Waals surface area contributed by atoms with Crippen molar-refractivity contribution in [2.24, 2.45) is 0 Å². The van der Waals surface area contributed by atoms with Gasteiger partial charge in [-0.05, 0) is 24.6 Å². The summed E-state index contributed by atoms with van der Waals surface area (Å²) in [7, 11) is 0. The second-order valence-electron chi connectivity index (χ2n) is 8.24. The fraction of sp³-hybridized carbons (Fsp3) is 0.200. The van der Waals surface area contributed by atoms with Crippen LogP contribution in [0.5, 0.6) is 0 Å². The van der Waals surface area contributed by atoms with Crippen molar-refractivity contribution in [3.05, 3.63) is 72.6 Å². The minimum atomic E-state index is 0.685. The van der Waals surface area contributed by atoms with Gasteiger partial charge < -0.3 is 15.0 Å². The maximum Gasteiger partial charge on any atom is 0.160 e. The molecule has 1 saturated heterocycles. The number of H-pyrrole nitrogens is 1. The lowest BCUT2D eigenvalue weighted by Gasteiger charge is -2.29. The summed E-state index contributed by atoms with van der Waals surface area (Å²) >= 11 is 0. The van der Waals surface area contributed by atoms with E-state index in [0.717, 1.165) is 47.1 Å². The molecule has 2 N–H and O–H groups in total. The molecule has 0 bridgehead atoms. The molecule has 4 aromatic heterocycles. The van der Waals surface area contributed by atoms with E-state index in [9.17, 15) is 0 Å². The zero-order chi connectivity index (χ0) is 22.9. The molecule has 1 aliphatic rings. The third-order valence-electron chi connectivity index (χ3n) is 5.99. The second kappa shape index (κ2) is 8.60. The van der Waals surface area contributed by atoms with Crippen LogP contribution in [0.25, 0.3) is 28.2 Å². The van der Waals surface area contributed by atoms with E-state index in [4.69, 9.17) is 14.8 Å². The van der Waals surface area contributed by atoms with Crippen LogP contribution in [-0.2, 0) is 4.74 Å². The number of morpholine rings is 1. The van der Waals surface area contributed by atoms with Crippen LogP contribution in [0, 0.1) is 6.92 Å². The van der Waals surface area contributed by atoms with E-state index in [1.807, 2.05) is 47.0 Å². The lowest BCUT2D eigenvalue weighted by atomic mass is 10.1. The summed E-state index contributed by atoms with van der Waals surface area (Å²) in [5.41, 5.74) is 5.88.